The Morgan fingerprint density at radius 1 is 1.03 bits per heavy atom. The average molecular weight is 445 g/mol. The van der Waals surface area contributed by atoms with E-state index in [1.54, 1.807) is 48.5 Å². The lowest BCUT2D eigenvalue weighted by Gasteiger charge is -2.31. The molecule has 0 aliphatic carbocycles. The molecule has 30 heavy (non-hydrogen) atoms. The summed E-state index contributed by atoms with van der Waals surface area (Å²) in [5.41, 5.74) is 2.09. The van der Waals surface area contributed by atoms with Crippen molar-refractivity contribution in [2.45, 2.75) is 17.7 Å². The smallest absolute Gasteiger partial charge is 0.264 e. The van der Waals surface area contributed by atoms with Crippen LogP contribution in [0.2, 0.25) is 5.02 Å². The van der Waals surface area contributed by atoms with Crippen LogP contribution >= 0.6 is 11.6 Å². The first-order chi connectivity index (χ1) is 14.4. The van der Waals surface area contributed by atoms with Gasteiger partial charge in [-0.15, -0.1) is 0 Å². The molecule has 3 aromatic rings. The fourth-order valence-electron chi connectivity index (χ4n) is 3.48. The van der Waals surface area contributed by atoms with Gasteiger partial charge in [-0.05, 0) is 66.9 Å². The van der Waals surface area contributed by atoms with E-state index in [1.165, 1.54) is 16.4 Å². The molecule has 1 N–H and O–H groups in total. The molecule has 0 saturated heterocycles. The fraction of sp³-hybridized carbons (Fsp3) is 0.136. The number of hydrogen-bond donors (Lipinski definition) is 1. The second-order valence-electron chi connectivity index (χ2n) is 6.92. The summed E-state index contributed by atoms with van der Waals surface area (Å²) in [6, 6.07) is 17.0. The van der Waals surface area contributed by atoms with Crippen LogP contribution in [0.25, 0.3) is 0 Å². The molecule has 1 aliphatic rings. The molecule has 8 heteroatoms. The van der Waals surface area contributed by atoms with Crippen LogP contribution in [-0.2, 0) is 16.4 Å². The lowest BCUT2D eigenvalue weighted by Crippen LogP contribution is -2.35. The minimum absolute atomic E-state index is 0.0191. The average Bonchev–Trinajstić information content (AvgIpc) is 2.73. The van der Waals surface area contributed by atoms with Gasteiger partial charge < -0.3 is 5.32 Å². The van der Waals surface area contributed by atoms with Gasteiger partial charge in [0.05, 0.1) is 21.2 Å². The summed E-state index contributed by atoms with van der Waals surface area (Å²) >= 11 is 5.96. The van der Waals surface area contributed by atoms with E-state index in [2.05, 4.69) is 5.32 Å². The highest BCUT2D eigenvalue weighted by atomic mass is 35.5. The Labute approximate surface area is 179 Å². The molecule has 4 rings (SSSR count). The molecular weight excluding hydrogens is 427 g/mol. The SMILES string of the molecule is O=C(Nc1ccc2c(c1)CCCN2S(=O)(=O)c1ccccc1)c1ccc(F)cc1Cl. The van der Waals surface area contributed by atoms with Crippen molar-refractivity contribution >= 4 is 38.9 Å². The zero-order valence-electron chi connectivity index (χ0n) is 15.8. The van der Waals surface area contributed by atoms with E-state index in [4.69, 9.17) is 11.6 Å². The third kappa shape index (κ3) is 3.91. The molecule has 0 atom stereocenters. The van der Waals surface area contributed by atoms with E-state index < -0.39 is 21.7 Å². The largest absolute Gasteiger partial charge is 0.322 e. The molecule has 1 heterocycles. The third-order valence-corrected chi connectivity index (χ3v) is 7.06. The Hall–Kier alpha value is -2.90. The van der Waals surface area contributed by atoms with Crippen LogP contribution in [0.3, 0.4) is 0 Å². The van der Waals surface area contributed by atoms with Crippen LogP contribution in [0, 0.1) is 5.82 Å². The van der Waals surface area contributed by atoms with E-state index in [9.17, 15) is 17.6 Å². The Morgan fingerprint density at radius 2 is 1.80 bits per heavy atom. The van der Waals surface area contributed by atoms with E-state index in [-0.39, 0.29) is 15.5 Å². The summed E-state index contributed by atoms with van der Waals surface area (Å²) < 4.78 is 40.8. The van der Waals surface area contributed by atoms with Crippen molar-refractivity contribution in [2.75, 3.05) is 16.2 Å². The van der Waals surface area contributed by atoms with Crippen molar-refractivity contribution in [2.24, 2.45) is 0 Å². The molecular formula is C22H18ClFN2O3S. The number of anilines is 2. The topological polar surface area (TPSA) is 66.5 Å². The van der Waals surface area contributed by atoms with Crippen LogP contribution in [0.1, 0.15) is 22.3 Å². The summed E-state index contributed by atoms with van der Waals surface area (Å²) in [7, 11) is -3.67. The molecule has 1 aliphatic heterocycles. The summed E-state index contributed by atoms with van der Waals surface area (Å²) in [4.78, 5) is 12.7. The van der Waals surface area contributed by atoms with Crippen LogP contribution < -0.4 is 9.62 Å². The number of rotatable bonds is 4. The zero-order valence-corrected chi connectivity index (χ0v) is 17.4. The molecule has 0 saturated carbocycles. The molecule has 5 nitrogen and oxygen atoms in total. The normalized spacial score (nSPS) is 13.6. The summed E-state index contributed by atoms with van der Waals surface area (Å²) in [5.74, 6) is -0.991. The Kier molecular flexibility index (Phi) is 5.49. The first-order valence-corrected chi connectivity index (χ1v) is 11.2. The second kappa shape index (κ2) is 8.08. The van der Waals surface area contributed by atoms with Gasteiger partial charge in [-0.2, -0.15) is 0 Å². The van der Waals surface area contributed by atoms with Gasteiger partial charge in [0.1, 0.15) is 5.82 Å². The van der Waals surface area contributed by atoms with Gasteiger partial charge in [-0.25, -0.2) is 12.8 Å². The van der Waals surface area contributed by atoms with Crippen molar-refractivity contribution in [3.63, 3.8) is 0 Å². The Bertz CT molecular complexity index is 1220. The minimum Gasteiger partial charge on any atom is -0.322 e. The number of aryl methyl sites for hydroxylation is 1. The quantitative estimate of drug-likeness (QED) is 0.624. The second-order valence-corrected chi connectivity index (χ2v) is 9.19. The summed E-state index contributed by atoms with van der Waals surface area (Å²) in [6.07, 6.45) is 1.36. The van der Waals surface area contributed by atoms with Crippen molar-refractivity contribution in [1.29, 1.82) is 0 Å². The van der Waals surface area contributed by atoms with Crippen LogP contribution in [0.5, 0.6) is 0 Å². The molecule has 0 unspecified atom stereocenters. The van der Waals surface area contributed by atoms with Crippen molar-refractivity contribution in [3.05, 3.63) is 88.7 Å². The Morgan fingerprint density at radius 3 is 2.53 bits per heavy atom. The number of fused-ring (bicyclic) bond motifs is 1. The van der Waals surface area contributed by atoms with E-state index in [1.807, 2.05) is 0 Å². The molecule has 1 amide bonds. The molecule has 0 aromatic heterocycles. The van der Waals surface area contributed by atoms with Gasteiger partial charge in [-0.3, -0.25) is 9.10 Å². The summed E-state index contributed by atoms with van der Waals surface area (Å²) in [6.45, 7) is 0.390. The lowest BCUT2D eigenvalue weighted by molar-refractivity contribution is 0.102. The molecule has 0 spiro atoms. The van der Waals surface area contributed by atoms with E-state index in [0.29, 0.717) is 30.8 Å². The highest BCUT2D eigenvalue weighted by molar-refractivity contribution is 7.92. The number of carbonyl (C=O) groups excluding carboxylic acids is 1. The lowest BCUT2D eigenvalue weighted by atomic mass is 10.0. The fourth-order valence-corrected chi connectivity index (χ4v) is 5.30. The van der Waals surface area contributed by atoms with Gasteiger partial charge in [0.25, 0.3) is 15.9 Å². The maximum absolute atomic E-state index is 13.2. The molecule has 0 bridgehead atoms. The molecule has 154 valence electrons. The third-order valence-electron chi connectivity index (χ3n) is 4.92. The first kappa shape index (κ1) is 20.4. The maximum atomic E-state index is 13.2. The number of halogens is 2. The monoisotopic (exact) mass is 444 g/mol. The van der Waals surface area contributed by atoms with Gasteiger partial charge in [0.15, 0.2) is 0 Å². The number of hydrogen-bond acceptors (Lipinski definition) is 3. The van der Waals surface area contributed by atoms with Crippen LogP contribution in [-0.4, -0.2) is 20.9 Å². The standard InChI is InChI=1S/C22H18ClFN2O3S/c23-20-14-16(24)8-10-19(20)22(27)25-17-9-11-21-15(13-17)5-4-12-26(21)30(28,29)18-6-2-1-3-7-18/h1-3,6-11,13-14H,4-5,12H2,(H,25,27). The maximum Gasteiger partial charge on any atom is 0.264 e. The van der Waals surface area contributed by atoms with Gasteiger partial charge in [0, 0.05) is 12.2 Å². The van der Waals surface area contributed by atoms with Crippen molar-refractivity contribution < 1.29 is 17.6 Å². The van der Waals surface area contributed by atoms with Gasteiger partial charge in [-0.1, -0.05) is 29.8 Å². The van der Waals surface area contributed by atoms with E-state index in [0.717, 1.165) is 11.6 Å². The minimum atomic E-state index is -3.67. The van der Waals surface area contributed by atoms with Gasteiger partial charge >= 0.3 is 0 Å². The number of amides is 1. The van der Waals surface area contributed by atoms with Gasteiger partial charge in [0.2, 0.25) is 0 Å². The highest BCUT2D eigenvalue weighted by Crippen LogP contribution is 2.34. The predicted molar refractivity (Wildman–Crippen MR) is 115 cm³/mol. The first-order valence-electron chi connectivity index (χ1n) is 9.33. The van der Waals surface area contributed by atoms with Crippen molar-refractivity contribution in [1.82, 2.24) is 0 Å². The Balaban J connectivity index is 1.61. The van der Waals surface area contributed by atoms with Crippen molar-refractivity contribution in [3.8, 4) is 0 Å². The number of nitrogens with zero attached hydrogens (tertiary/aromatic N) is 1. The molecule has 0 radical (unpaired) electrons. The molecule has 3 aromatic carbocycles. The van der Waals surface area contributed by atoms with Crippen LogP contribution in [0.4, 0.5) is 15.8 Å². The summed E-state index contributed by atoms with van der Waals surface area (Å²) in [5, 5.41) is 2.76. The predicted octanol–water partition coefficient (Wildman–Crippen LogP) is 4.87. The molecule has 0 fully saturated rings. The van der Waals surface area contributed by atoms with E-state index >= 15 is 0 Å². The highest BCUT2D eigenvalue weighted by Gasteiger charge is 2.29. The number of benzene rings is 3. The number of sulfonamides is 1. The van der Waals surface area contributed by atoms with Crippen LogP contribution in [0.15, 0.2) is 71.6 Å². The zero-order chi connectivity index (χ0) is 21.3. The number of carbonyl (C=O) groups is 1. The number of nitrogens with one attached hydrogen (secondary N) is 1.